The Bertz CT molecular complexity index is 972. The lowest BCUT2D eigenvalue weighted by Gasteiger charge is -2.33. The van der Waals surface area contributed by atoms with Crippen LogP contribution in [0.25, 0.3) is 0 Å². The predicted octanol–water partition coefficient (Wildman–Crippen LogP) is 3.31. The minimum absolute atomic E-state index is 0.135. The molecule has 0 atom stereocenters. The van der Waals surface area contributed by atoms with E-state index in [0.29, 0.717) is 17.1 Å². The molecule has 154 valence electrons. The molecule has 0 saturated carbocycles. The highest BCUT2D eigenvalue weighted by Crippen LogP contribution is 2.28. The van der Waals surface area contributed by atoms with Gasteiger partial charge in [-0.05, 0) is 42.9 Å². The van der Waals surface area contributed by atoms with E-state index in [1.54, 1.807) is 12.3 Å². The first-order valence-corrected chi connectivity index (χ1v) is 10.9. The molecule has 1 N–H and O–H groups in total. The largest absolute Gasteiger partial charge is 0.354 e. The van der Waals surface area contributed by atoms with Crippen molar-refractivity contribution in [2.24, 2.45) is 0 Å². The Morgan fingerprint density at radius 3 is 2.53 bits per heavy atom. The Morgan fingerprint density at radius 1 is 1.00 bits per heavy atom. The number of hydrogen-bond acceptors (Lipinski definition) is 6. The molecule has 30 heavy (non-hydrogen) atoms. The van der Waals surface area contributed by atoms with Gasteiger partial charge in [-0.25, -0.2) is 9.97 Å². The molecule has 1 fully saturated rings. The zero-order valence-electron chi connectivity index (χ0n) is 17.0. The highest BCUT2D eigenvalue weighted by Gasteiger charge is 2.16. The zero-order chi connectivity index (χ0) is 20.8. The fraction of sp³-hybridized carbons (Fsp3) is 0.261. The molecular weight excluding hydrogens is 394 g/mol. The first-order valence-electron chi connectivity index (χ1n) is 10.0. The van der Waals surface area contributed by atoms with E-state index >= 15 is 0 Å². The van der Waals surface area contributed by atoms with Crippen LogP contribution >= 0.6 is 11.8 Å². The van der Waals surface area contributed by atoms with Crippen LogP contribution in [0.15, 0.2) is 76.9 Å². The third-order valence-corrected chi connectivity index (χ3v) is 6.09. The number of benzene rings is 1. The van der Waals surface area contributed by atoms with Crippen LogP contribution < -0.4 is 10.2 Å². The van der Waals surface area contributed by atoms with Gasteiger partial charge in [0.15, 0.2) is 0 Å². The zero-order valence-corrected chi connectivity index (χ0v) is 17.8. The summed E-state index contributed by atoms with van der Waals surface area (Å²) < 4.78 is 0. The maximum Gasteiger partial charge on any atom is 0.254 e. The Labute approximate surface area is 181 Å². The van der Waals surface area contributed by atoms with Crippen LogP contribution in [-0.4, -0.2) is 54.0 Å². The van der Waals surface area contributed by atoms with Crippen molar-refractivity contribution in [3.8, 4) is 0 Å². The van der Waals surface area contributed by atoms with E-state index in [9.17, 15) is 4.79 Å². The second-order valence-electron chi connectivity index (χ2n) is 7.27. The lowest BCUT2D eigenvalue weighted by atomic mass is 10.2. The number of aromatic nitrogens is 2. The molecule has 3 aromatic rings. The van der Waals surface area contributed by atoms with Gasteiger partial charge in [0, 0.05) is 50.0 Å². The van der Waals surface area contributed by atoms with Crippen molar-refractivity contribution in [3.63, 3.8) is 0 Å². The quantitative estimate of drug-likeness (QED) is 0.662. The van der Waals surface area contributed by atoms with E-state index in [1.165, 1.54) is 11.8 Å². The summed E-state index contributed by atoms with van der Waals surface area (Å²) in [5.41, 5.74) is 1.55. The molecule has 0 radical (unpaired) electrons. The Morgan fingerprint density at radius 2 is 1.80 bits per heavy atom. The molecule has 1 aliphatic rings. The second-order valence-corrected chi connectivity index (χ2v) is 8.33. The van der Waals surface area contributed by atoms with E-state index in [1.807, 2.05) is 54.7 Å². The average Bonchev–Trinajstić information content (AvgIpc) is 2.79. The van der Waals surface area contributed by atoms with Gasteiger partial charge in [0.1, 0.15) is 10.8 Å². The summed E-state index contributed by atoms with van der Waals surface area (Å²) in [6.45, 7) is 4.51. The topological polar surface area (TPSA) is 61.4 Å². The second kappa shape index (κ2) is 9.73. The van der Waals surface area contributed by atoms with Gasteiger partial charge in [-0.1, -0.05) is 36.0 Å². The van der Waals surface area contributed by atoms with Crippen LogP contribution in [0, 0.1) is 0 Å². The molecular formula is C23H25N5OS. The summed E-state index contributed by atoms with van der Waals surface area (Å²) >= 11 is 1.49. The number of nitrogens with one attached hydrogen (secondary N) is 1. The van der Waals surface area contributed by atoms with Gasteiger partial charge in [-0.15, -0.1) is 0 Å². The molecule has 1 aromatic carbocycles. The summed E-state index contributed by atoms with van der Waals surface area (Å²) in [6, 6.07) is 17.6. The fourth-order valence-corrected chi connectivity index (χ4v) is 4.17. The van der Waals surface area contributed by atoms with Gasteiger partial charge in [-0.2, -0.15) is 0 Å². The predicted molar refractivity (Wildman–Crippen MR) is 120 cm³/mol. The number of anilines is 1. The van der Waals surface area contributed by atoms with Crippen LogP contribution in [0.2, 0.25) is 0 Å². The van der Waals surface area contributed by atoms with Gasteiger partial charge in [-0.3, -0.25) is 4.79 Å². The maximum atomic E-state index is 12.8. The van der Waals surface area contributed by atoms with Crippen molar-refractivity contribution in [2.75, 3.05) is 38.1 Å². The molecule has 4 rings (SSSR count). The summed E-state index contributed by atoms with van der Waals surface area (Å²) in [5.74, 6) is 0.858. The van der Waals surface area contributed by atoms with Gasteiger partial charge < -0.3 is 15.1 Å². The van der Waals surface area contributed by atoms with E-state index in [-0.39, 0.29) is 5.91 Å². The SMILES string of the molecule is CN1CCN(c2ccc(CNC(=O)c3cccnc3Sc3ccccc3)cn2)CC1. The third-order valence-electron chi connectivity index (χ3n) is 5.06. The van der Waals surface area contributed by atoms with Crippen molar-refractivity contribution in [1.82, 2.24) is 20.2 Å². The molecule has 6 nitrogen and oxygen atoms in total. The highest BCUT2D eigenvalue weighted by atomic mass is 32.2. The summed E-state index contributed by atoms with van der Waals surface area (Å²) in [5, 5.41) is 3.69. The standard InChI is InChI=1S/C23H25N5OS/c1-27-12-14-28(15-13-27)21-10-9-18(16-25-21)17-26-22(29)20-8-5-11-24-23(20)30-19-6-3-2-4-7-19/h2-11,16H,12-15,17H2,1H3,(H,26,29). The lowest BCUT2D eigenvalue weighted by molar-refractivity contribution is 0.0947. The first kappa shape index (κ1) is 20.4. The van der Waals surface area contributed by atoms with Crippen LogP contribution in [0.1, 0.15) is 15.9 Å². The monoisotopic (exact) mass is 419 g/mol. The molecule has 7 heteroatoms. The van der Waals surface area contributed by atoms with Gasteiger partial charge in [0.25, 0.3) is 5.91 Å². The molecule has 0 unspecified atom stereocenters. The number of pyridine rings is 2. The van der Waals surface area contributed by atoms with Crippen molar-refractivity contribution in [3.05, 3.63) is 78.1 Å². The minimum Gasteiger partial charge on any atom is -0.354 e. The van der Waals surface area contributed by atoms with Crippen molar-refractivity contribution in [1.29, 1.82) is 0 Å². The Kier molecular flexibility index (Phi) is 6.61. The van der Waals surface area contributed by atoms with Crippen LogP contribution in [0.5, 0.6) is 0 Å². The number of rotatable bonds is 6. The van der Waals surface area contributed by atoms with E-state index in [2.05, 4.69) is 32.1 Å². The van der Waals surface area contributed by atoms with Crippen molar-refractivity contribution < 1.29 is 4.79 Å². The first-order chi connectivity index (χ1) is 14.7. The molecule has 1 amide bonds. The van der Waals surface area contributed by atoms with Crippen molar-refractivity contribution in [2.45, 2.75) is 16.5 Å². The molecule has 2 aromatic heterocycles. The third kappa shape index (κ3) is 5.17. The number of piperazine rings is 1. The molecule has 1 saturated heterocycles. The van der Waals surface area contributed by atoms with Gasteiger partial charge >= 0.3 is 0 Å². The Hall–Kier alpha value is -2.90. The van der Waals surface area contributed by atoms with Crippen LogP contribution in [-0.2, 0) is 6.54 Å². The Balaban J connectivity index is 1.37. The summed E-state index contributed by atoms with van der Waals surface area (Å²) in [7, 11) is 2.14. The van der Waals surface area contributed by atoms with Crippen LogP contribution in [0.4, 0.5) is 5.82 Å². The molecule has 0 bridgehead atoms. The van der Waals surface area contributed by atoms with Crippen LogP contribution in [0.3, 0.4) is 0 Å². The number of nitrogens with zero attached hydrogens (tertiary/aromatic N) is 4. The maximum absolute atomic E-state index is 12.8. The molecule has 1 aliphatic heterocycles. The van der Waals surface area contributed by atoms with Gasteiger partial charge in [0.2, 0.25) is 0 Å². The van der Waals surface area contributed by atoms with E-state index in [0.717, 1.165) is 42.5 Å². The lowest BCUT2D eigenvalue weighted by Crippen LogP contribution is -2.44. The van der Waals surface area contributed by atoms with Crippen molar-refractivity contribution >= 4 is 23.5 Å². The summed E-state index contributed by atoms with van der Waals surface area (Å²) in [4.78, 5) is 27.4. The van der Waals surface area contributed by atoms with E-state index < -0.39 is 0 Å². The minimum atomic E-state index is -0.135. The number of likely N-dealkylation sites (N-methyl/N-ethyl adjacent to an activating group) is 1. The normalized spacial score (nSPS) is 14.5. The number of carbonyl (C=O) groups is 1. The number of amides is 1. The fourth-order valence-electron chi connectivity index (χ4n) is 3.27. The van der Waals surface area contributed by atoms with E-state index in [4.69, 9.17) is 0 Å². The molecule has 0 aliphatic carbocycles. The van der Waals surface area contributed by atoms with Gasteiger partial charge in [0.05, 0.1) is 5.56 Å². The smallest absolute Gasteiger partial charge is 0.254 e. The number of carbonyl (C=O) groups excluding carboxylic acids is 1. The number of hydrogen-bond donors (Lipinski definition) is 1. The summed E-state index contributed by atoms with van der Waals surface area (Å²) in [6.07, 6.45) is 3.56. The molecule has 0 spiro atoms. The highest BCUT2D eigenvalue weighted by molar-refractivity contribution is 7.99. The average molecular weight is 420 g/mol. The molecule has 3 heterocycles.